The maximum Gasteiger partial charge on any atom is 0.185 e. The van der Waals surface area contributed by atoms with Crippen LogP contribution in [0.5, 0.6) is 0 Å². The summed E-state index contributed by atoms with van der Waals surface area (Å²) in [6, 6.07) is 1.18. The third kappa shape index (κ3) is 3.00. The highest BCUT2D eigenvalue weighted by Crippen LogP contribution is 2.30. The summed E-state index contributed by atoms with van der Waals surface area (Å²) in [7, 11) is 0. The Bertz CT molecular complexity index is 433. The molecule has 0 amide bonds. The Labute approximate surface area is 126 Å². The fraction of sp³-hybridized carbons (Fsp3) is 0.800. The Morgan fingerprint density at radius 1 is 1.40 bits per heavy atom. The molecule has 0 saturated carbocycles. The number of hydrogen-bond donors (Lipinski definition) is 1. The van der Waals surface area contributed by atoms with Gasteiger partial charge in [-0.25, -0.2) is 4.98 Å². The van der Waals surface area contributed by atoms with Crippen LogP contribution < -0.4 is 10.2 Å². The minimum atomic E-state index is 0.418. The molecule has 2 saturated heterocycles. The summed E-state index contributed by atoms with van der Waals surface area (Å²) in [5, 5.41) is 4.69. The first kappa shape index (κ1) is 14.3. The Hall–Kier alpha value is -0.650. The number of hydrogen-bond acceptors (Lipinski definition) is 5. The normalized spacial score (nSPS) is 25.5. The molecule has 5 heteroatoms. The van der Waals surface area contributed by atoms with Gasteiger partial charge in [-0.05, 0) is 39.3 Å². The van der Waals surface area contributed by atoms with Crippen LogP contribution in [0.4, 0.5) is 5.13 Å². The smallest absolute Gasteiger partial charge is 0.185 e. The number of nitrogens with zero attached hydrogens (tertiary/aromatic N) is 3. The molecule has 112 valence electrons. The number of thiazole rings is 1. The molecule has 0 aromatic carbocycles. The van der Waals surface area contributed by atoms with E-state index in [4.69, 9.17) is 0 Å². The summed E-state index contributed by atoms with van der Waals surface area (Å²) in [5.41, 5.74) is 0. The minimum Gasteiger partial charge on any atom is -0.346 e. The molecule has 1 N–H and O–H groups in total. The second kappa shape index (κ2) is 6.41. The summed E-state index contributed by atoms with van der Waals surface area (Å²) >= 11 is 1.86. The SMILES string of the molecule is CCNC(C)c1cnc(N2CCCN3CCCC3C2)s1. The standard InChI is InChI=1S/C15H26N4S/c1-3-16-12(2)14-10-17-15(20-14)19-9-5-8-18-7-4-6-13(18)11-19/h10,12-13,16H,3-9,11H2,1-2H3. The summed E-state index contributed by atoms with van der Waals surface area (Å²) in [6.07, 6.45) is 6.07. The Balaban J connectivity index is 1.69. The second-order valence-electron chi connectivity index (χ2n) is 5.96. The molecule has 3 heterocycles. The predicted octanol–water partition coefficient (Wildman–Crippen LogP) is 2.49. The van der Waals surface area contributed by atoms with Gasteiger partial charge in [-0.15, -0.1) is 11.3 Å². The maximum atomic E-state index is 4.68. The zero-order chi connectivity index (χ0) is 13.9. The Morgan fingerprint density at radius 2 is 2.25 bits per heavy atom. The van der Waals surface area contributed by atoms with Crippen molar-refractivity contribution in [3.63, 3.8) is 0 Å². The van der Waals surface area contributed by atoms with Gasteiger partial charge >= 0.3 is 0 Å². The number of fused-ring (bicyclic) bond motifs is 1. The molecule has 2 aliphatic rings. The lowest BCUT2D eigenvalue weighted by atomic mass is 10.2. The van der Waals surface area contributed by atoms with Crippen LogP contribution in [-0.2, 0) is 0 Å². The molecule has 2 unspecified atom stereocenters. The fourth-order valence-corrected chi connectivity index (χ4v) is 4.39. The van der Waals surface area contributed by atoms with Crippen molar-refractivity contribution in [2.24, 2.45) is 0 Å². The van der Waals surface area contributed by atoms with Gasteiger partial charge in [0, 0.05) is 42.8 Å². The second-order valence-corrected chi connectivity index (χ2v) is 7.00. The van der Waals surface area contributed by atoms with E-state index in [0.29, 0.717) is 6.04 Å². The van der Waals surface area contributed by atoms with Crippen LogP contribution in [0.1, 0.15) is 44.0 Å². The van der Waals surface area contributed by atoms with E-state index in [-0.39, 0.29) is 0 Å². The summed E-state index contributed by atoms with van der Waals surface area (Å²) in [6.45, 7) is 10.3. The van der Waals surface area contributed by atoms with Crippen molar-refractivity contribution in [1.29, 1.82) is 0 Å². The molecule has 0 bridgehead atoms. The van der Waals surface area contributed by atoms with E-state index in [1.54, 1.807) is 0 Å². The van der Waals surface area contributed by atoms with E-state index < -0.39 is 0 Å². The van der Waals surface area contributed by atoms with Gasteiger partial charge < -0.3 is 10.2 Å². The average molecular weight is 294 g/mol. The molecule has 0 spiro atoms. The predicted molar refractivity (Wildman–Crippen MR) is 85.6 cm³/mol. The molecule has 2 atom stereocenters. The van der Waals surface area contributed by atoms with E-state index in [1.807, 2.05) is 11.3 Å². The van der Waals surface area contributed by atoms with E-state index in [2.05, 4.69) is 40.1 Å². The highest BCUT2D eigenvalue weighted by molar-refractivity contribution is 7.15. The molecule has 1 aromatic heterocycles. The van der Waals surface area contributed by atoms with Crippen molar-refractivity contribution in [2.75, 3.05) is 37.6 Å². The van der Waals surface area contributed by atoms with Crippen LogP contribution in [-0.4, -0.2) is 48.6 Å². The highest BCUT2D eigenvalue weighted by atomic mass is 32.1. The van der Waals surface area contributed by atoms with Gasteiger partial charge in [-0.3, -0.25) is 4.90 Å². The van der Waals surface area contributed by atoms with Gasteiger partial charge in [0.2, 0.25) is 0 Å². The van der Waals surface area contributed by atoms with Gasteiger partial charge in [0.1, 0.15) is 0 Å². The number of anilines is 1. The molecule has 20 heavy (non-hydrogen) atoms. The van der Waals surface area contributed by atoms with Crippen LogP contribution in [0.25, 0.3) is 0 Å². The number of nitrogens with one attached hydrogen (secondary N) is 1. The lowest BCUT2D eigenvalue weighted by molar-refractivity contribution is 0.273. The van der Waals surface area contributed by atoms with Gasteiger partial charge in [-0.1, -0.05) is 6.92 Å². The molecule has 0 radical (unpaired) electrons. The highest BCUT2D eigenvalue weighted by Gasteiger charge is 2.29. The third-order valence-corrected chi connectivity index (χ3v) is 5.76. The third-order valence-electron chi connectivity index (χ3n) is 4.52. The van der Waals surface area contributed by atoms with Crippen molar-refractivity contribution in [2.45, 2.75) is 45.2 Å². The van der Waals surface area contributed by atoms with E-state index in [9.17, 15) is 0 Å². The first-order valence-electron chi connectivity index (χ1n) is 7.96. The molecule has 4 nitrogen and oxygen atoms in total. The van der Waals surface area contributed by atoms with Gasteiger partial charge in [0.05, 0.1) is 0 Å². The number of rotatable bonds is 4. The fourth-order valence-electron chi connectivity index (χ4n) is 3.41. The van der Waals surface area contributed by atoms with Gasteiger partial charge in [0.15, 0.2) is 5.13 Å². The van der Waals surface area contributed by atoms with Crippen molar-refractivity contribution in [1.82, 2.24) is 15.2 Å². The topological polar surface area (TPSA) is 31.4 Å². The zero-order valence-corrected chi connectivity index (χ0v) is 13.5. The average Bonchev–Trinajstić information content (AvgIpc) is 3.05. The molecular formula is C15H26N4S. The molecule has 2 aliphatic heterocycles. The molecule has 0 aliphatic carbocycles. The van der Waals surface area contributed by atoms with Crippen molar-refractivity contribution in [3.8, 4) is 0 Å². The van der Waals surface area contributed by atoms with Crippen molar-refractivity contribution >= 4 is 16.5 Å². The Morgan fingerprint density at radius 3 is 3.10 bits per heavy atom. The molecular weight excluding hydrogens is 268 g/mol. The number of aromatic nitrogens is 1. The summed E-state index contributed by atoms with van der Waals surface area (Å²) in [5.74, 6) is 0. The minimum absolute atomic E-state index is 0.418. The van der Waals surface area contributed by atoms with Crippen LogP contribution in [0.3, 0.4) is 0 Å². The lowest BCUT2D eigenvalue weighted by Gasteiger charge is -2.25. The van der Waals surface area contributed by atoms with Gasteiger partial charge in [0.25, 0.3) is 0 Å². The molecule has 2 fully saturated rings. The Kier molecular flexibility index (Phi) is 4.58. The first-order chi connectivity index (χ1) is 9.78. The maximum absolute atomic E-state index is 4.68. The van der Waals surface area contributed by atoms with Crippen molar-refractivity contribution < 1.29 is 0 Å². The lowest BCUT2D eigenvalue weighted by Crippen LogP contribution is -2.36. The monoisotopic (exact) mass is 294 g/mol. The van der Waals surface area contributed by atoms with Crippen LogP contribution >= 0.6 is 11.3 Å². The van der Waals surface area contributed by atoms with Crippen LogP contribution in [0.15, 0.2) is 6.20 Å². The molecule has 1 aromatic rings. The van der Waals surface area contributed by atoms with E-state index in [1.165, 1.54) is 48.9 Å². The van der Waals surface area contributed by atoms with E-state index >= 15 is 0 Å². The van der Waals surface area contributed by atoms with Gasteiger partial charge in [-0.2, -0.15) is 0 Å². The van der Waals surface area contributed by atoms with Crippen molar-refractivity contribution in [3.05, 3.63) is 11.1 Å². The van der Waals surface area contributed by atoms with Crippen LogP contribution in [0.2, 0.25) is 0 Å². The molecule has 3 rings (SSSR count). The largest absolute Gasteiger partial charge is 0.346 e. The zero-order valence-electron chi connectivity index (χ0n) is 12.6. The van der Waals surface area contributed by atoms with Crippen LogP contribution in [0, 0.1) is 0 Å². The first-order valence-corrected chi connectivity index (χ1v) is 8.77. The summed E-state index contributed by atoms with van der Waals surface area (Å²) in [4.78, 5) is 11.2. The summed E-state index contributed by atoms with van der Waals surface area (Å²) < 4.78 is 0. The van der Waals surface area contributed by atoms with E-state index in [0.717, 1.165) is 19.1 Å². The quantitative estimate of drug-likeness (QED) is 0.924.